The van der Waals surface area contributed by atoms with Crippen LogP contribution in [0.2, 0.25) is 5.02 Å². The lowest BCUT2D eigenvalue weighted by atomic mass is 10.1. The zero-order valence-electron chi connectivity index (χ0n) is 9.58. The Bertz CT molecular complexity index is 564. The topological polar surface area (TPSA) is 78.9 Å². The van der Waals surface area contributed by atoms with Gasteiger partial charge in [0.15, 0.2) is 5.82 Å². The van der Waals surface area contributed by atoms with E-state index in [9.17, 15) is 0 Å². The molecule has 1 aromatic heterocycles. The van der Waals surface area contributed by atoms with Crippen LogP contribution in [-0.2, 0) is 4.74 Å². The number of benzene rings is 1. The fraction of sp³-hybridized carbons (Fsp3) is 0.364. The van der Waals surface area contributed by atoms with Crippen LogP contribution in [0.1, 0.15) is 12.5 Å². The molecule has 0 amide bonds. The summed E-state index contributed by atoms with van der Waals surface area (Å²) in [4.78, 5) is 0. The summed E-state index contributed by atoms with van der Waals surface area (Å²) < 4.78 is 7.11. The highest BCUT2D eigenvalue weighted by Crippen LogP contribution is 2.30. The number of hydrogen-bond acceptors (Lipinski definition) is 5. The Morgan fingerprint density at radius 3 is 3.11 bits per heavy atom. The first-order chi connectivity index (χ1) is 8.75. The summed E-state index contributed by atoms with van der Waals surface area (Å²) in [6, 6.07) is 5.43. The molecule has 1 atom stereocenters. The molecular formula is C11H12ClN5O. The van der Waals surface area contributed by atoms with Crippen LogP contribution in [0.5, 0.6) is 0 Å². The van der Waals surface area contributed by atoms with Crippen LogP contribution in [0.15, 0.2) is 18.2 Å². The van der Waals surface area contributed by atoms with Crippen molar-refractivity contribution in [3.63, 3.8) is 0 Å². The third kappa shape index (κ3) is 1.93. The summed E-state index contributed by atoms with van der Waals surface area (Å²) >= 11 is 5.99. The van der Waals surface area contributed by atoms with Gasteiger partial charge in [-0.1, -0.05) is 11.6 Å². The normalized spacial score (nSPS) is 19.3. The van der Waals surface area contributed by atoms with Crippen molar-refractivity contribution in [1.29, 1.82) is 0 Å². The van der Waals surface area contributed by atoms with E-state index in [-0.39, 0.29) is 6.04 Å². The summed E-state index contributed by atoms with van der Waals surface area (Å²) in [5.74, 6) is 0.630. The highest BCUT2D eigenvalue weighted by atomic mass is 35.5. The molecule has 1 saturated heterocycles. The first kappa shape index (κ1) is 11.4. The van der Waals surface area contributed by atoms with E-state index in [1.54, 1.807) is 22.9 Å². The molecule has 1 aliphatic rings. The molecular weight excluding hydrogens is 254 g/mol. The number of nitrogens with two attached hydrogens (primary N) is 1. The van der Waals surface area contributed by atoms with Crippen molar-refractivity contribution >= 4 is 17.3 Å². The van der Waals surface area contributed by atoms with Gasteiger partial charge >= 0.3 is 0 Å². The van der Waals surface area contributed by atoms with Crippen molar-refractivity contribution < 1.29 is 4.74 Å². The molecule has 1 aromatic carbocycles. The Balaban J connectivity index is 2.06. The number of hydrogen-bond donors (Lipinski definition) is 1. The van der Waals surface area contributed by atoms with Crippen LogP contribution in [-0.4, -0.2) is 33.4 Å². The van der Waals surface area contributed by atoms with Gasteiger partial charge in [0, 0.05) is 22.9 Å². The summed E-state index contributed by atoms with van der Waals surface area (Å²) in [5, 5.41) is 12.4. The molecule has 18 heavy (non-hydrogen) atoms. The van der Waals surface area contributed by atoms with E-state index >= 15 is 0 Å². The average molecular weight is 266 g/mol. The summed E-state index contributed by atoms with van der Waals surface area (Å²) in [6.45, 7) is 1.35. The molecule has 1 unspecified atom stereocenters. The van der Waals surface area contributed by atoms with Crippen LogP contribution < -0.4 is 5.73 Å². The molecule has 1 aliphatic heterocycles. The number of aromatic nitrogens is 4. The van der Waals surface area contributed by atoms with E-state index in [0.717, 1.165) is 18.6 Å². The van der Waals surface area contributed by atoms with Gasteiger partial charge in [-0.2, -0.15) is 0 Å². The molecule has 7 heteroatoms. The molecule has 0 bridgehead atoms. The lowest BCUT2D eigenvalue weighted by Crippen LogP contribution is -2.12. The highest BCUT2D eigenvalue weighted by Gasteiger charge is 2.23. The van der Waals surface area contributed by atoms with Gasteiger partial charge in [-0.05, 0) is 35.0 Å². The van der Waals surface area contributed by atoms with E-state index in [1.807, 2.05) is 0 Å². The minimum absolute atomic E-state index is 0.161. The Hall–Kier alpha value is -1.66. The van der Waals surface area contributed by atoms with E-state index in [1.165, 1.54) is 0 Å². The molecule has 0 radical (unpaired) electrons. The van der Waals surface area contributed by atoms with Gasteiger partial charge in [0.25, 0.3) is 0 Å². The summed E-state index contributed by atoms with van der Waals surface area (Å²) in [6.07, 6.45) is 0.901. The van der Waals surface area contributed by atoms with Crippen LogP contribution in [0.25, 0.3) is 11.4 Å². The van der Waals surface area contributed by atoms with Crippen molar-refractivity contribution in [2.24, 2.45) is 0 Å². The van der Waals surface area contributed by atoms with Crippen molar-refractivity contribution in [1.82, 2.24) is 20.2 Å². The average Bonchev–Trinajstić information content (AvgIpc) is 3.00. The largest absolute Gasteiger partial charge is 0.398 e. The first-order valence-corrected chi connectivity index (χ1v) is 6.04. The molecule has 2 N–H and O–H groups in total. The number of ether oxygens (including phenoxy) is 1. The fourth-order valence-electron chi connectivity index (χ4n) is 2.05. The van der Waals surface area contributed by atoms with Gasteiger partial charge in [-0.15, -0.1) is 5.10 Å². The van der Waals surface area contributed by atoms with Crippen molar-refractivity contribution in [2.45, 2.75) is 12.5 Å². The molecule has 0 aliphatic carbocycles. The lowest BCUT2D eigenvalue weighted by molar-refractivity contribution is 0.184. The van der Waals surface area contributed by atoms with Crippen molar-refractivity contribution in [3.8, 4) is 11.4 Å². The maximum Gasteiger partial charge on any atom is 0.184 e. The number of anilines is 1. The van der Waals surface area contributed by atoms with Gasteiger partial charge in [0.1, 0.15) is 0 Å². The quantitative estimate of drug-likeness (QED) is 0.833. The zero-order chi connectivity index (χ0) is 12.5. The maximum atomic E-state index is 5.99. The molecule has 1 fully saturated rings. The number of rotatable bonds is 2. The summed E-state index contributed by atoms with van der Waals surface area (Å²) in [5.41, 5.74) is 7.30. The second-order valence-electron chi connectivity index (χ2n) is 4.20. The maximum absolute atomic E-state index is 5.99. The third-order valence-electron chi connectivity index (χ3n) is 3.00. The molecule has 6 nitrogen and oxygen atoms in total. The van der Waals surface area contributed by atoms with Gasteiger partial charge in [0.2, 0.25) is 0 Å². The minimum atomic E-state index is 0.161. The SMILES string of the molecule is Nc1ccc(Cl)cc1-c1nnnn1C1CCOC1. The Morgan fingerprint density at radius 1 is 1.44 bits per heavy atom. The predicted molar refractivity (Wildman–Crippen MR) is 67.1 cm³/mol. The monoisotopic (exact) mass is 265 g/mol. The molecule has 94 valence electrons. The lowest BCUT2D eigenvalue weighted by Gasteiger charge is -2.11. The van der Waals surface area contributed by atoms with E-state index in [4.69, 9.17) is 22.1 Å². The highest BCUT2D eigenvalue weighted by molar-refractivity contribution is 6.31. The predicted octanol–water partition coefficient (Wildman–Crippen LogP) is 1.54. The van der Waals surface area contributed by atoms with Gasteiger partial charge in [0.05, 0.1) is 12.6 Å². The fourth-order valence-corrected chi connectivity index (χ4v) is 2.23. The Kier molecular flexibility index (Phi) is 2.89. The Morgan fingerprint density at radius 2 is 2.33 bits per heavy atom. The summed E-state index contributed by atoms with van der Waals surface area (Å²) in [7, 11) is 0. The van der Waals surface area contributed by atoms with Crippen LogP contribution in [0.4, 0.5) is 5.69 Å². The zero-order valence-corrected chi connectivity index (χ0v) is 10.3. The molecule has 2 heterocycles. The van der Waals surface area contributed by atoms with E-state index in [2.05, 4.69) is 15.5 Å². The molecule has 0 spiro atoms. The molecule has 3 rings (SSSR count). The first-order valence-electron chi connectivity index (χ1n) is 5.66. The van der Waals surface area contributed by atoms with Crippen molar-refractivity contribution in [3.05, 3.63) is 23.2 Å². The van der Waals surface area contributed by atoms with E-state index < -0.39 is 0 Å². The van der Waals surface area contributed by atoms with Crippen LogP contribution >= 0.6 is 11.6 Å². The smallest absolute Gasteiger partial charge is 0.184 e. The number of nitrogen functional groups attached to an aromatic ring is 1. The van der Waals surface area contributed by atoms with Gasteiger partial charge in [-0.3, -0.25) is 0 Å². The number of tetrazole rings is 1. The van der Waals surface area contributed by atoms with Gasteiger partial charge < -0.3 is 10.5 Å². The Labute approximate surface area is 109 Å². The van der Waals surface area contributed by atoms with Gasteiger partial charge in [-0.25, -0.2) is 4.68 Å². The second kappa shape index (κ2) is 4.55. The third-order valence-corrected chi connectivity index (χ3v) is 3.24. The van der Waals surface area contributed by atoms with Crippen molar-refractivity contribution in [2.75, 3.05) is 18.9 Å². The van der Waals surface area contributed by atoms with E-state index in [0.29, 0.717) is 23.1 Å². The minimum Gasteiger partial charge on any atom is -0.398 e. The standard InChI is InChI=1S/C11H12ClN5O/c12-7-1-2-10(13)9(5-7)11-14-15-16-17(11)8-3-4-18-6-8/h1-2,5,8H,3-4,6,13H2. The number of nitrogens with zero attached hydrogens (tertiary/aromatic N) is 4. The van der Waals surface area contributed by atoms with Crippen LogP contribution in [0.3, 0.4) is 0 Å². The number of halogens is 1. The molecule has 2 aromatic rings. The van der Waals surface area contributed by atoms with Crippen LogP contribution in [0, 0.1) is 0 Å². The second-order valence-corrected chi connectivity index (χ2v) is 4.63. The molecule has 0 saturated carbocycles.